The Kier molecular flexibility index (Phi) is 21.9. The average molecular weight is 979 g/mol. The minimum atomic E-state index is -4.77. The average Bonchev–Trinajstić information content (AvgIpc) is 3.22. The SMILES string of the molecule is C.CN1CCC(N(C)C(=O)NC(c2ccc(-c3cnccn3)c(Cl)c2Cl)C(F)(F)F)CC1.CNC1CCN(C)CC1.Cl.NC(c1ccc(-c2cnccn2)c(Cl)c1Cl)C(F)(F)F. The van der Waals surface area contributed by atoms with Crippen molar-refractivity contribution < 1.29 is 31.1 Å². The molecular weight excluding hydrogens is 928 g/mol. The number of nitrogens with zero attached hydrogens (tertiary/aromatic N) is 7. The quantitative estimate of drug-likeness (QED) is 0.155. The van der Waals surface area contributed by atoms with E-state index in [1.807, 2.05) is 7.05 Å². The van der Waals surface area contributed by atoms with Crippen LogP contribution in [0.25, 0.3) is 22.5 Å². The first-order valence-electron chi connectivity index (χ1n) is 18.7. The maximum Gasteiger partial charge on any atom is 0.412 e. The number of nitrogens with two attached hydrogens (primary N) is 1. The lowest BCUT2D eigenvalue weighted by molar-refractivity contribution is -0.155. The van der Waals surface area contributed by atoms with E-state index in [1.54, 1.807) is 0 Å². The van der Waals surface area contributed by atoms with Crippen LogP contribution in [-0.4, -0.2) is 119 Å². The van der Waals surface area contributed by atoms with E-state index in [2.05, 4.69) is 54.5 Å². The highest BCUT2D eigenvalue weighted by molar-refractivity contribution is 6.44. The number of rotatable bonds is 7. The van der Waals surface area contributed by atoms with Crippen LogP contribution in [-0.2, 0) is 0 Å². The second kappa shape index (κ2) is 24.7. The van der Waals surface area contributed by atoms with E-state index in [0.717, 1.165) is 19.1 Å². The number of benzene rings is 2. The fourth-order valence-electron chi connectivity index (χ4n) is 6.45. The van der Waals surface area contributed by atoms with Gasteiger partial charge in [0.15, 0.2) is 6.04 Å². The van der Waals surface area contributed by atoms with Crippen LogP contribution in [0.5, 0.6) is 0 Å². The van der Waals surface area contributed by atoms with Crippen molar-refractivity contribution in [3.63, 3.8) is 0 Å². The summed E-state index contributed by atoms with van der Waals surface area (Å²) in [6.45, 7) is 4.06. The molecule has 2 fully saturated rings. The summed E-state index contributed by atoms with van der Waals surface area (Å²) in [5.74, 6) is 0. The summed E-state index contributed by atoms with van der Waals surface area (Å²) in [6, 6.07) is 0.491. The second-order valence-electron chi connectivity index (χ2n) is 14.3. The van der Waals surface area contributed by atoms with Crippen LogP contribution in [0.15, 0.2) is 61.4 Å². The highest BCUT2D eigenvalue weighted by Gasteiger charge is 2.44. The number of alkyl halides is 6. The number of nitrogens with one attached hydrogen (secondary N) is 2. The van der Waals surface area contributed by atoms with Crippen molar-refractivity contribution in [3.8, 4) is 22.5 Å². The number of carbonyl (C=O) groups is 1. The number of hydrogen-bond donors (Lipinski definition) is 3. The Labute approximate surface area is 384 Å². The third kappa shape index (κ3) is 14.9. The van der Waals surface area contributed by atoms with Gasteiger partial charge in [0.05, 0.1) is 43.9 Å². The highest BCUT2D eigenvalue weighted by Crippen LogP contribution is 2.43. The van der Waals surface area contributed by atoms with Gasteiger partial charge >= 0.3 is 18.4 Å². The molecular formula is C40H51Cl5F6N10O. The molecule has 2 amide bonds. The van der Waals surface area contributed by atoms with Gasteiger partial charge in [-0.15, -0.1) is 12.4 Å². The molecule has 11 nitrogen and oxygen atoms in total. The lowest BCUT2D eigenvalue weighted by Gasteiger charge is -2.36. The van der Waals surface area contributed by atoms with E-state index >= 15 is 0 Å². The van der Waals surface area contributed by atoms with E-state index < -0.39 is 30.5 Å². The number of hydrogen-bond acceptors (Lipinski definition) is 9. The molecule has 4 heterocycles. The van der Waals surface area contributed by atoms with E-state index in [0.29, 0.717) is 35.4 Å². The van der Waals surface area contributed by atoms with Crippen LogP contribution < -0.4 is 16.4 Å². The molecule has 2 atom stereocenters. The van der Waals surface area contributed by atoms with E-state index in [-0.39, 0.29) is 57.1 Å². The molecule has 22 heteroatoms. The summed E-state index contributed by atoms with van der Waals surface area (Å²) >= 11 is 24.4. The maximum absolute atomic E-state index is 13.9. The van der Waals surface area contributed by atoms with Crippen LogP contribution in [0, 0.1) is 0 Å². The zero-order chi connectivity index (χ0) is 44.4. The normalized spacial score (nSPS) is 16.2. The van der Waals surface area contributed by atoms with Crippen molar-refractivity contribution in [2.75, 3.05) is 54.4 Å². The predicted octanol–water partition coefficient (Wildman–Crippen LogP) is 10.2. The Morgan fingerprint density at radius 3 is 1.58 bits per heavy atom. The van der Waals surface area contributed by atoms with Gasteiger partial charge in [0.1, 0.15) is 6.04 Å². The third-order valence-electron chi connectivity index (χ3n) is 10.2. The van der Waals surface area contributed by atoms with Crippen molar-refractivity contribution in [1.29, 1.82) is 0 Å². The van der Waals surface area contributed by atoms with Crippen LogP contribution in [0.3, 0.4) is 0 Å². The summed E-state index contributed by atoms with van der Waals surface area (Å²) in [7, 11) is 7.71. The van der Waals surface area contributed by atoms with Gasteiger partial charge in [0.2, 0.25) is 0 Å². The van der Waals surface area contributed by atoms with Gasteiger partial charge in [-0.3, -0.25) is 19.9 Å². The highest BCUT2D eigenvalue weighted by atomic mass is 35.5. The van der Waals surface area contributed by atoms with Gasteiger partial charge in [0, 0.05) is 60.6 Å². The number of halogens is 11. The number of aromatic nitrogens is 4. The molecule has 2 aliphatic rings. The molecule has 62 heavy (non-hydrogen) atoms. The van der Waals surface area contributed by atoms with Gasteiger partial charge in [-0.1, -0.05) is 78.1 Å². The second-order valence-corrected chi connectivity index (χ2v) is 15.8. The first-order chi connectivity index (χ1) is 28.2. The summed E-state index contributed by atoms with van der Waals surface area (Å²) in [6.07, 6.45) is 3.30. The lowest BCUT2D eigenvalue weighted by Crippen LogP contribution is -2.50. The summed E-state index contributed by atoms with van der Waals surface area (Å²) < 4.78 is 79.5. The van der Waals surface area contributed by atoms with Crippen LogP contribution in [0.4, 0.5) is 31.1 Å². The van der Waals surface area contributed by atoms with Gasteiger partial charge in [-0.05, 0) is 78.6 Å². The number of likely N-dealkylation sites (tertiary alicyclic amines) is 2. The number of amides is 2. The summed E-state index contributed by atoms with van der Waals surface area (Å²) in [5, 5.41) is 4.72. The first kappa shape index (κ1) is 54.9. The van der Waals surface area contributed by atoms with Gasteiger partial charge < -0.3 is 31.1 Å². The van der Waals surface area contributed by atoms with E-state index in [4.69, 9.17) is 52.1 Å². The van der Waals surface area contributed by atoms with Crippen molar-refractivity contribution in [2.24, 2.45) is 5.73 Å². The van der Waals surface area contributed by atoms with Gasteiger partial charge in [-0.25, -0.2) is 4.79 Å². The van der Waals surface area contributed by atoms with Crippen LogP contribution in [0.2, 0.25) is 20.1 Å². The molecule has 2 unspecified atom stereocenters. The molecule has 6 rings (SSSR count). The minimum Gasteiger partial charge on any atom is -0.325 e. The third-order valence-corrected chi connectivity index (χ3v) is 12.0. The lowest BCUT2D eigenvalue weighted by atomic mass is 10.0. The first-order valence-corrected chi connectivity index (χ1v) is 20.2. The minimum absolute atomic E-state index is 0. The fraction of sp³-hybridized carbons (Fsp3) is 0.475. The largest absolute Gasteiger partial charge is 0.412 e. The zero-order valence-electron chi connectivity index (χ0n) is 33.5. The molecule has 2 aromatic heterocycles. The molecule has 2 saturated heterocycles. The van der Waals surface area contributed by atoms with Gasteiger partial charge in [-0.2, -0.15) is 26.3 Å². The predicted molar refractivity (Wildman–Crippen MR) is 237 cm³/mol. The number of urea groups is 1. The Balaban J connectivity index is 0.000000364. The Bertz CT molecular complexity index is 1990. The van der Waals surface area contributed by atoms with E-state index in [9.17, 15) is 31.1 Å². The Morgan fingerprint density at radius 2 is 1.18 bits per heavy atom. The topological polar surface area (TPSA) is 128 Å². The molecule has 0 saturated carbocycles. The number of carbonyl (C=O) groups excluding carboxylic acids is 1. The van der Waals surface area contributed by atoms with Gasteiger partial charge in [0.25, 0.3) is 0 Å². The molecule has 0 spiro atoms. The van der Waals surface area contributed by atoms with E-state index in [1.165, 1.54) is 99.3 Å². The molecule has 344 valence electrons. The monoisotopic (exact) mass is 976 g/mol. The molecule has 0 aliphatic carbocycles. The van der Waals surface area contributed by atoms with Crippen molar-refractivity contribution >= 4 is 64.8 Å². The standard InChI is InChI=1S/C20H22Cl2F3N5O.C12H8Cl2F3N3.C7H16N2.CH4.ClH/c1-29-9-5-12(6-10-29)30(2)19(31)28-18(20(23,24)25)14-4-3-13(16(21)17(14)22)15-11-26-7-8-27-15;13-9-6(8-5-19-3-4-20-8)1-2-7(10(9)14)11(18)12(15,16)17;1-8-7-3-5-9(2)6-4-7;;/h3-4,7-8,11-12,18H,5-6,9-10H2,1-2H3,(H,28,31);1-5,11H,18H2;7-8H,3-6H2,1-2H3;1H4;1H. The maximum atomic E-state index is 13.9. The molecule has 0 radical (unpaired) electrons. The van der Waals surface area contributed by atoms with Crippen LogP contribution >= 0.6 is 58.8 Å². The summed E-state index contributed by atoms with van der Waals surface area (Å²) in [5.41, 5.74) is 6.04. The zero-order valence-corrected chi connectivity index (χ0v) is 37.4. The summed E-state index contributed by atoms with van der Waals surface area (Å²) in [4.78, 5) is 34.4. The van der Waals surface area contributed by atoms with Crippen molar-refractivity contribution in [3.05, 3.63) is 92.7 Å². The molecule has 2 aliphatic heterocycles. The fourth-order valence-corrected chi connectivity index (χ4v) is 7.54. The van der Waals surface area contributed by atoms with Crippen molar-refractivity contribution in [1.82, 2.24) is 45.3 Å². The Morgan fingerprint density at radius 1 is 0.742 bits per heavy atom. The molecule has 2 aromatic carbocycles. The Hall–Kier alpha value is -3.26. The molecule has 4 aromatic rings. The van der Waals surface area contributed by atoms with Crippen LogP contribution in [0.1, 0.15) is 56.3 Å². The molecule has 0 bridgehead atoms. The number of piperidine rings is 2. The molecule has 4 N–H and O–H groups in total. The van der Waals surface area contributed by atoms with Crippen molar-refractivity contribution in [2.45, 2.75) is 69.6 Å². The smallest absolute Gasteiger partial charge is 0.325 e.